The second kappa shape index (κ2) is 4.94. The maximum absolute atomic E-state index is 6.68. The van der Waals surface area contributed by atoms with Gasteiger partial charge in [-0.1, -0.05) is 6.07 Å². The van der Waals surface area contributed by atoms with E-state index in [0.29, 0.717) is 0 Å². The summed E-state index contributed by atoms with van der Waals surface area (Å²) in [5, 5.41) is 4.33. The highest BCUT2D eigenvalue weighted by Crippen LogP contribution is 2.39. The van der Waals surface area contributed by atoms with Gasteiger partial charge in [0.25, 0.3) is 0 Å². The lowest BCUT2D eigenvalue weighted by molar-refractivity contribution is 0.407. The fraction of sp³-hybridized carbons (Fsp3) is 0.438. The Morgan fingerprint density at radius 2 is 2.30 bits per heavy atom. The van der Waals surface area contributed by atoms with Crippen molar-refractivity contribution >= 4 is 0 Å². The van der Waals surface area contributed by atoms with E-state index in [9.17, 15) is 0 Å². The number of rotatable bonds is 4. The molecule has 0 aliphatic heterocycles. The first kappa shape index (κ1) is 13.2. The molecule has 2 N–H and O–H groups in total. The van der Waals surface area contributed by atoms with Gasteiger partial charge < -0.3 is 10.5 Å². The van der Waals surface area contributed by atoms with Gasteiger partial charge in [0.2, 0.25) is 0 Å². The van der Waals surface area contributed by atoms with Crippen molar-refractivity contribution in [2.24, 2.45) is 5.73 Å². The third-order valence-corrected chi connectivity index (χ3v) is 4.22. The SMILES string of the molecule is CCn1cc(CC2(N)CCc3ccc(OC)cc32)cn1. The van der Waals surface area contributed by atoms with Gasteiger partial charge in [-0.2, -0.15) is 5.10 Å². The Hall–Kier alpha value is -1.81. The Bertz CT molecular complexity index is 620. The zero-order valence-corrected chi connectivity index (χ0v) is 12.1. The Labute approximate surface area is 119 Å². The molecule has 1 aliphatic carbocycles. The van der Waals surface area contributed by atoms with E-state index in [1.165, 1.54) is 16.7 Å². The van der Waals surface area contributed by atoms with Crippen LogP contribution in [0.15, 0.2) is 30.6 Å². The van der Waals surface area contributed by atoms with E-state index in [1.54, 1.807) is 7.11 Å². The number of aromatic nitrogens is 2. The third kappa shape index (κ3) is 2.20. The molecule has 4 heteroatoms. The van der Waals surface area contributed by atoms with Gasteiger partial charge >= 0.3 is 0 Å². The van der Waals surface area contributed by atoms with Crippen molar-refractivity contribution in [3.05, 3.63) is 47.3 Å². The van der Waals surface area contributed by atoms with Crippen molar-refractivity contribution in [3.8, 4) is 5.75 Å². The van der Waals surface area contributed by atoms with Gasteiger partial charge in [-0.25, -0.2) is 0 Å². The van der Waals surface area contributed by atoms with Crippen LogP contribution in [0.25, 0.3) is 0 Å². The Morgan fingerprint density at radius 3 is 3.00 bits per heavy atom. The van der Waals surface area contributed by atoms with Crippen LogP contribution in [0.3, 0.4) is 0 Å². The zero-order valence-electron chi connectivity index (χ0n) is 12.1. The number of aryl methyl sites for hydroxylation is 2. The van der Waals surface area contributed by atoms with Gasteiger partial charge in [-0.05, 0) is 55.0 Å². The standard InChI is InChI=1S/C16H21N3O/c1-3-19-11-12(10-18-19)9-16(17)7-6-13-4-5-14(20-2)8-15(13)16/h4-5,8,10-11H,3,6-7,9,17H2,1-2H3. The molecule has 0 saturated carbocycles. The van der Waals surface area contributed by atoms with Crippen LogP contribution >= 0.6 is 0 Å². The molecule has 1 unspecified atom stereocenters. The normalized spacial score (nSPS) is 20.9. The summed E-state index contributed by atoms with van der Waals surface area (Å²) in [6, 6.07) is 6.24. The van der Waals surface area contributed by atoms with Gasteiger partial charge in [-0.3, -0.25) is 4.68 Å². The molecule has 20 heavy (non-hydrogen) atoms. The van der Waals surface area contributed by atoms with Gasteiger partial charge in [0.15, 0.2) is 0 Å². The van der Waals surface area contributed by atoms with Crippen molar-refractivity contribution in [1.29, 1.82) is 0 Å². The van der Waals surface area contributed by atoms with Crippen LogP contribution < -0.4 is 10.5 Å². The predicted octanol–water partition coefficient (Wildman–Crippen LogP) is 2.25. The van der Waals surface area contributed by atoms with E-state index in [-0.39, 0.29) is 5.54 Å². The first-order valence-corrected chi connectivity index (χ1v) is 7.12. The number of benzene rings is 1. The van der Waals surface area contributed by atoms with Crippen LogP contribution in [0, 0.1) is 0 Å². The molecule has 0 spiro atoms. The molecule has 4 nitrogen and oxygen atoms in total. The topological polar surface area (TPSA) is 53.1 Å². The molecule has 106 valence electrons. The summed E-state index contributed by atoms with van der Waals surface area (Å²) in [6.07, 6.45) is 6.86. The maximum Gasteiger partial charge on any atom is 0.119 e. The summed E-state index contributed by atoms with van der Waals surface area (Å²) in [5.74, 6) is 0.879. The Morgan fingerprint density at radius 1 is 1.45 bits per heavy atom. The summed E-state index contributed by atoms with van der Waals surface area (Å²) in [6.45, 7) is 2.98. The highest BCUT2D eigenvalue weighted by Gasteiger charge is 2.35. The van der Waals surface area contributed by atoms with Crippen molar-refractivity contribution in [1.82, 2.24) is 9.78 Å². The van der Waals surface area contributed by atoms with Gasteiger partial charge in [0, 0.05) is 18.3 Å². The monoisotopic (exact) mass is 271 g/mol. The summed E-state index contributed by atoms with van der Waals surface area (Å²) in [7, 11) is 1.69. The number of hydrogen-bond acceptors (Lipinski definition) is 3. The molecule has 0 fully saturated rings. The summed E-state index contributed by atoms with van der Waals surface area (Å²) >= 11 is 0. The Balaban J connectivity index is 1.90. The number of nitrogens with zero attached hydrogens (tertiary/aromatic N) is 2. The second-order valence-electron chi connectivity index (χ2n) is 5.56. The van der Waals surface area contributed by atoms with E-state index in [0.717, 1.165) is 31.6 Å². The lowest BCUT2D eigenvalue weighted by atomic mass is 9.87. The quantitative estimate of drug-likeness (QED) is 0.928. The molecule has 1 aromatic carbocycles. The largest absolute Gasteiger partial charge is 0.497 e. The van der Waals surface area contributed by atoms with Crippen LogP contribution in [0.2, 0.25) is 0 Å². The zero-order chi connectivity index (χ0) is 14.2. The fourth-order valence-corrected chi connectivity index (χ4v) is 3.07. The number of ether oxygens (including phenoxy) is 1. The van der Waals surface area contributed by atoms with Gasteiger partial charge in [0.05, 0.1) is 13.3 Å². The lowest BCUT2D eigenvalue weighted by Gasteiger charge is -2.25. The smallest absolute Gasteiger partial charge is 0.119 e. The Kier molecular flexibility index (Phi) is 3.26. The molecule has 1 aliphatic rings. The number of nitrogens with two attached hydrogens (primary N) is 1. The summed E-state index contributed by atoms with van der Waals surface area (Å²) < 4.78 is 7.28. The van der Waals surface area contributed by atoms with E-state index in [4.69, 9.17) is 10.5 Å². The van der Waals surface area contributed by atoms with Crippen molar-refractivity contribution in [3.63, 3.8) is 0 Å². The van der Waals surface area contributed by atoms with Crippen LogP contribution in [0.4, 0.5) is 0 Å². The predicted molar refractivity (Wildman–Crippen MR) is 78.8 cm³/mol. The number of methoxy groups -OCH3 is 1. The lowest BCUT2D eigenvalue weighted by Crippen LogP contribution is -2.36. The van der Waals surface area contributed by atoms with E-state index in [1.807, 2.05) is 16.9 Å². The van der Waals surface area contributed by atoms with Crippen LogP contribution in [0.5, 0.6) is 5.75 Å². The van der Waals surface area contributed by atoms with Crippen LogP contribution in [0.1, 0.15) is 30.0 Å². The van der Waals surface area contributed by atoms with Crippen LogP contribution in [-0.2, 0) is 24.9 Å². The minimum absolute atomic E-state index is 0.300. The first-order chi connectivity index (χ1) is 9.64. The molecule has 0 saturated heterocycles. The van der Waals surface area contributed by atoms with Crippen molar-refractivity contribution in [2.75, 3.05) is 7.11 Å². The molecular formula is C16H21N3O. The second-order valence-corrected chi connectivity index (χ2v) is 5.56. The number of fused-ring (bicyclic) bond motifs is 1. The third-order valence-electron chi connectivity index (χ3n) is 4.22. The van der Waals surface area contributed by atoms with E-state index in [2.05, 4.69) is 30.4 Å². The van der Waals surface area contributed by atoms with Gasteiger partial charge in [-0.15, -0.1) is 0 Å². The summed E-state index contributed by atoms with van der Waals surface area (Å²) in [4.78, 5) is 0. The minimum atomic E-state index is -0.300. The number of hydrogen-bond donors (Lipinski definition) is 1. The molecule has 1 heterocycles. The van der Waals surface area contributed by atoms with Crippen LogP contribution in [-0.4, -0.2) is 16.9 Å². The average molecular weight is 271 g/mol. The maximum atomic E-state index is 6.68. The molecule has 3 rings (SSSR count). The molecule has 0 amide bonds. The first-order valence-electron chi connectivity index (χ1n) is 7.12. The minimum Gasteiger partial charge on any atom is -0.497 e. The fourth-order valence-electron chi connectivity index (χ4n) is 3.07. The van der Waals surface area contributed by atoms with E-state index < -0.39 is 0 Å². The van der Waals surface area contributed by atoms with Crippen molar-refractivity contribution < 1.29 is 4.74 Å². The molecular weight excluding hydrogens is 250 g/mol. The molecule has 2 aromatic rings. The molecule has 0 bridgehead atoms. The van der Waals surface area contributed by atoms with Crippen molar-refractivity contribution in [2.45, 2.75) is 38.3 Å². The van der Waals surface area contributed by atoms with E-state index >= 15 is 0 Å². The highest BCUT2D eigenvalue weighted by atomic mass is 16.5. The average Bonchev–Trinajstić information content (AvgIpc) is 3.04. The molecule has 1 aromatic heterocycles. The highest BCUT2D eigenvalue weighted by molar-refractivity contribution is 5.44. The summed E-state index contributed by atoms with van der Waals surface area (Å²) in [5.41, 5.74) is 10.2. The van der Waals surface area contributed by atoms with Gasteiger partial charge in [0.1, 0.15) is 5.75 Å². The molecule has 1 atom stereocenters. The molecule has 0 radical (unpaired) electrons.